The van der Waals surface area contributed by atoms with Crippen LogP contribution in [0, 0.1) is 5.82 Å². The van der Waals surface area contributed by atoms with E-state index in [1.54, 1.807) is 0 Å². The number of carbonyl (C=O) groups excluding carboxylic acids is 1. The normalized spacial score (nSPS) is 14.2. The first kappa shape index (κ1) is 22.3. The van der Waals surface area contributed by atoms with E-state index in [1.807, 2.05) is 0 Å². The average Bonchev–Trinajstić information content (AvgIpc) is 3.19. The largest absolute Gasteiger partial charge is 0.435 e. The summed E-state index contributed by atoms with van der Waals surface area (Å²) in [6.45, 7) is -0.180. The molecule has 0 unspecified atom stereocenters. The maximum absolute atomic E-state index is 13.4. The Morgan fingerprint density at radius 2 is 1.94 bits per heavy atom. The predicted molar refractivity (Wildman–Crippen MR) is 108 cm³/mol. The van der Waals surface area contributed by atoms with Crippen molar-refractivity contribution in [2.45, 2.75) is 51.4 Å². The third kappa shape index (κ3) is 4.93. The highest BCUT2D eigenvalue weighted by molar-refractivity contribution is 6.31. The Morgan fingerprint density at radius 1 is 1.16 bits per heavy atom. The molecule has 1 aliphatic carbocycles. The lowest BCUT2D eigenvalue weighted by molar-refractivity contribution is -0.142. The molecule has 2 heterocycles. The predicted octanol–water partition coefficient (Wildman–Crippen LogP) is 4.24. The lowest BCUT2D eigenvalue weighted by Crippen LogP contribution is -2.22. The molecule has 0 fully saturated rings. The highest BCUT2D eigenvalue weighted by Gasteiger charge is 2.39. The van der Waals surface area contributed by atoms with Crippen molar-refractivity contribution in [2.75, 3.05) is 5.32 Å². The maximum atomic E-state index is 13.4. The van der Waals surface area contributed by atoms with Crippen molar-refractivity contribution < 1.29 is 22.4 Å². The Bertz CT molecular complexity index is 1140. The Labute approximate surface area is 185 Å². The first-order valence-corrected chi connectivity index (χ1v) is 10.4. The monoisotopic (exact) mass is 470 g/mol. The second-order valence-corrected chi connectivity index (χ2v) is 7.95. The number of fused-ring (bicyclic) bond motifs is 1. The number of aromatic nitrogens is 5. The van der Waals surface area contributed by atoms with Crippen LogP contribution in [-0.4, -0.2) is 30.5 Å². The van der Waals surface area contributed by atoms with E-state index in [0.29, 0.717) is 30.5 Å². The van der Waals surface area contributed by atoms with Gasteiger partial charge in [-0.1, -0.05) is 24.1 Å². The van der Waals surface area contributed by atoms with Crippen LogP contribution in [0.4, 0.5) is 23.5 Å². The molecule has 0 spiro atoms. The molecule has 7 nitrogen and oxygen atoms in total. The fourth-order valence-corrected chi connectivity index (χ4v) is 3.99. The summed E-state index contributed by atoms with van der Waals surface area (Å²) < 4.78 is 55.9. The van der Waals surface area contributed by atoms with Gasteiger partial charge in [-0.15, -0.1) is 5.10 Å². The van der Waals surface area contributed by atoms with Crippen molar-refractivity contribution >= 4 is 23.5 Å². The molecular weight excluding hydrogens is 452 g/mol. The van der Waals surface area contributed by atoms with Gasteiger partial charge in [-0.3, -0.25) is 14.8 Å². The van der Waals surface area contributed by atoms with Gasteiger partial charge in [0.25, 0.3) is 0 Å². The Kier molecular flexibility index (Phi) is 6.18. The molecule has 32 heavy (non-hydrogen) atoms. The molecule has 0 saturated heterocycles. The van der Waals surface area contributed by atoms with Gasteiger partial charge in [-0.2, -0.15) is 18.3 Å². The van der Waals surface area contributed by atoms with E-state index in [2.05, 4.69) is 20.5 Å². The number of anilines is 1. The molecule has 12 heteroatoms. The smallest absolute Gasteiger partial charge is 0.292 e. The molecule has 0 radical (unpaired) electrons. The van der Waals surface area contributed by atoms with E-state index in [1.165, 1.54) is 29.2 Å². The SMILES string of the molecule is O=C(Cn1nc(C(F)(F)F)c2c1CCCCC2)Nc1ncn(Cc2ccc(F)cc2Cl)n1. The third-order valence-corrected chi connectivity index (χ3v) is 5.56. The molecule has 170 valence electrons. The van der Waals surface area contributed by atoms with Gasteiger partial charge in [-0.05, 0) is 43.4 Å². The summed E-state index contributed by atoms with van der Waals surface area (Å²) in [6.07, 6.45) is -0.240. The molecule has 0 bridgehead atoms. The molecule has 2 aromatic heterocycles. The molecule has 0 aliphatic heterocycles. The van der Waals surface area contributed by atoms with Gasteiger partial charge >= 0.3 is 6.18 Å². The summed E-state index contributed by atoms with van der Waals surface area (Å²) in [7, 11) is 0. The van der Waals surface area contributed by atoms with Gasteiger partial charge in [0, 0.05) is 16.3 Å². The first-order chi connectivity index (χ1) is 15.2. The number of halogens is 5. The van der Waals surface area contributed by atoms with E-state index in [4.69, 9.17) is 11.6 Å². The maximum Gasteiger partial charge on any atom is 0.435 e. The van der Waals surface area contributed by atoms with Crippen molar-refractivity contribution in [3.63, 3.8) is 0 Å². The lowest BCUT2D eigenvalue weighted by Gasteiger charge is -2.07. The third-order valence-electron chi connectivity index (χ3n) is 5.20. The number of nitrogens with one attached hydrogen (secondary N) is 1. The minimum absolute atomic E-state index is 0.0116. The lowest BCUT2D eigenvalue weighted by atomic mass is 10.1. The topological polar surface area (TPSA) is 77.6 Å². The summed E-state index contributed by atoms with van der Waals surface area (Å²) in [5, 5.41) is 10.5. The summed E-state index contributed by atoms with van der Waals surface area (Å²) in [4.78, 5) is 16.4. The van der Waals surface area contributed by atoms with Crippen LogP contribution in [0.25, 0.3) is 0 Å². The zero-order valence-corrected chi connectivity index (χ0v) is 17.5. The average molecular weight is 471 g/mol. The van der Waals surface area contributed by atoms with Crippen LogP contribution < -0.4 is 5.32 Å². The molecule has 0 atom stereocenters. The van der Waals surface area contributed by atoms with Gasteiger partial charge in [0.15, 0.2) is 5.69 Å². The Hall–Kier alpha value is -2.95. The van der Waals surface area contributed by atoms with Crippen molar-refractivity contribution in [3.05, 3.63) is 57.9 Å². The number of carbonyl (C=O) groups is 1. The van der Waals surface area contributed by atoms with Crippen molar-refractivity contribution in [2.24, 2.45) is 0 Å². The highest BCUT2D eigenvalue weighted by Crippen LogP contribution is 2.35. The highest BCUT2D eigenvalue weighted by atomic mass is 35.5. The molecule has 3 aromatic rings. The van der Waals surface area contributed by atoms with E-state index in [0.717, 1.165) is 17.5 Å². The van der Waals surface area contributed by atoms with Gasteiger partial charge in [0.2, 0.25) is 11.9 Å². The number of rotatable bonds is 5. The number of hydrogen-bond donors (Lipinski definition) is 1. The standard InChI is InChI=1S/C20H19ClF4N6O/c21-15-8-13(22)7-6-12(15)9-30-11-26-19(29-30)27-17(32)10-31-16-5-3-1-2-4-14(16)18(28-31)20(23,24)25/h6-8,11H,1-5,9-10H2,(H,27,29,32). The zero-order valence-electron chi connectivity index (χ0n) is 16.8. The summed E-state index contributed by atoms with van der Waals surface area (Å²) in [5.74, 6) is -1.07. The number of hydrogen-bond acceptors (Lipinski definition) is 4. The van der Waals surface area contributed by atoms with Gasteiger partial charge in [0.1, 0.15) is 18.7 Å². The molecule has 1 amide bonds. The first-order valence-electron chi connectivity index (χ1n) is 9.99. The van der Waals surface area contributed by atoms with Crippen LogP contribution in [0.2, 0.25) is 5.02 Å². The van der Waals surface area contributed by atoms with Crippen molar-refractivity contribution in [3.8, 4) is 0 Å². The molecule has 1 aromatic carbocycles. The van der Waals surface area contributed by atoms with Crippen molar-refractivity contribution in [1.82, 2.24) is 24.5 Å². The Balaban J connectivity index is 1.46. The molecule has 1 N–H and O–H groups in total. The minimum Gasteiger partial charge on any atom is -0.292 e. The molecule has 0 saturated carbocycles. The van der Waals surface area contributed by atoms with E-state index >= 15 is 0 Å². The van der Waals surface area contributed by atoms with Crippen LogP contribution in [0.15, 0.2) is 24.5 Å². The molecule has 1 aliphatic rings. The van der Waals surface area contributed by atoms with Crippen LogP contribution in [0.1, 0.15) is 41.8 Å². The number of nitrogens with zero attached hydrogens (tertiary/aromatic N) is 5. The van der Waals surface area contributed by atoms with Crippen LogP contribution in [0.5, 0.6) is 0 Å². The zero-order chi connectivity index (χ0) is 22.9. The number of alkyl halides is 3. The fourth-order valence-electron chi connectivity index (χ4n) is 3.76. The van der Waals surface area contributed by atoms with Crippen molar-refractivity contribution in [1.29, 1.82) is 0 Å². The molecular formula is C20H19ClF4N6O. The quantitative estimate of drug-likeness (QED) is 0.447. The number of benzene rings is 1. The van der Waals surface area contributed by atoms with Gasteiger partial charge in [0.05, 0.1) is 6.54 Å². The number of amides is 1. The van der Waals surface area contributed by atoms with Crippen LogP contribution in [-0.2, 0) is 36.9 Å². The van der Waals surface area contributed by atoms with Crippen LogP contribution in [0.3, 0.4) is 0 Å². The van der Waals surface area contributed by atoms with E-state index in [9.17, 15) is 22.4 Å². The van der Waals surface area contributed by atoms with E-state index in [-0.39, 0.29) is 29.6 Å². The Morgan fingerprint density at radius 3 is 2.69 bits per heavy atom. The summed E-state index contributed by atoms with van der Waals surface area (Å²) in [6, 6.07) is 3.96. The fraction of sp³-hybridized carbons (Fsp3) is 0.400. The minimum atomic E-state index is -4.57. The second kappa shape index (κ2) is 8.89. The van der Waals surface area contributed by atoms with Gasteiger partial charge in [-0.25, -0.2) is 14.1 Å². The summed E-state index contributed by atoms with van der Waals surface area (Å²) >= 11 is 6.00. The summed E-state index contributed by atoms with van der Waals surface area (Å²) in [5.41, 5.74) is 0.325. The van der Waals surface area contributed by atoms with Crippen LogP contribution >= 0.6 is 11.6 Å². The molecule has 4 rings (SSSR count). The van der Waals surface area contributed by atoms with Gasteiger partial charge < -0.3 is 0 Å². The second-order valence-electron chi connectivity index (χ2n) is 7.54. The van der Waals surface area contributed by atoms with E-state index < -0.39 is 23.6 Å².